The molecule has 0 aliphatic carbocycles. The van der Waals surface area contributed by atoms with E-state index in [1.807, 2.05) is 0 Å². The minimum atomic E-state index is -0.805. The fourth-order valence-corrected chi connectivity index (χ4v) is 3.54. The Morgan fingerprint density at radius 1 is 1.06 bits per heavy atom. The lowest BCUT2D eigenvalue weighted by Gasteiger charge is -2.14. The van der Waals surface area contributed by atoms with Gasteiger partial charge in [0.25, 0.3) is 11.5 Å². The van der Waals surface area contributed by atoms with Gasteiger partial charge in [-0.15, -0.1) is 0 Å². The number of aryl methyl sites for hydroxylation is 1. The van der Waals surface area contributed by atoms with E-state index < -0.39 is 23.1 Å². The van der Waals surface area contributed by atoms with E-state index in [1.54, 1.807) is 13.8 Å². The highest BCUT2D eigenvalue weighted by atomic mass is 35.5. The molecule has 0 unspecified atom stereocenters. The molecule has 0 bridgehead atoms. The van der Waals surface area contributed by atoms with Crippen molar-refractivity contribution in [1.82, 2.24) is 9.55 Å². The second kappa shape index (κ2) is 10.6. The molecule has 0 aliphatic rings. The molecular weight excluding hydrogens is 492 g/mol. The molecule has 184 valence electrons. The number of halogens is 3. The van der Waals surface area contributed by atoms with Crippen LogP contribution in [-0.4, -0.2) is 22.1 Å². The number of hydrogen-bond donors (Lipinski definition) is 1. The SMILES string of the molecule is CCOc1ccn(-c2ccc(F)cc2)c(=O)c1C(=O)Nc1ccc(Oc2ccnc(C)c2Cl)c(F)c1. The van der Waals surface area contributed by atoms with Crippen LogP contribution in [-0.2, 0) is 0 Å². The van der Waals surface area contributed by atoms with E-state index in [0.717, 1.165) is 6.07 Å². The maximum Gasteiger partial charge on any atom is 0.271 e. The summed E-state index contributed by atoms with van der Waals surface area (Å²) in [5.41, 5.74) is -0.00806. The third-order valence-electron chi connectivity index (χ3n) is 5.12. The van der Waals surface area contributed by atoms with Crippen molar-refractivity contribution in [1.29, 1.82) is 0 Å². The summed E-state index contributed by atoms with van der Waals surface area (Å²) in [5.74, 6) is -1.87. The van der Waals surface area contributed by atoms with E-state index in [-0.39, 0.29) is 40.1 Å². The van der Waals surface area contributed by atoms with Gasteiger partial charge in [0.1, 0.15) is 27.9 Å². The number of nitrogens with zero attached hydrogens (tertiary/aromatic N) is 2. The Kier molecular flexibility index (Phi) is 7.30. The number of rotatable bonds is 7. The average Bonchev–Trinajstić information content (AvgIpc) is 2.84. The fraction of sp³-hybridized carbons (Fsp3) is 0.115. The van der Waals surface area contributed by atoms with Crippen LogP contribution >= 0.6 is 11.6 Å². The Bertz CT molecular complexity index is 1490. The third kappa shape index (κ3) is 5.21. The predicted octanol–water partition coefficient (Wildman–Crippen LogP) is 5.92. The van der Waals surface area contributed by atoms with Crippen LogP contribution in [0.15, 0.2) is 71.8 Å². The van der Waals surface area contributed by atoms with Crippen LogP contribution in [0.5, 0.6) is 17.2 Å². The first-order chi connectivity index (χ1) is 17.3. The molecule has 0 saturated carbocycles. The Morgan fingerprint density at radius 2 is 1.81 bits per heavy atom. The van der Waals surface area contributed by atoms with E-state index in [1.165, 1.54) is 65.5 Å². The van der Waals surface area contributed by atoms with Crippen LogP contribution in [0.1, 0.15) is 23.0 Å². The highest BCUT2D eigenvalue weighted by Crippen LogP contribution is 2.33. The summed E-state index contributed by atoms with van der Waals surface area (Å²) < 4.78 is 40.3. The first-order valence-corrected chi connectivity index (χ1v) is 11.2. The van der Waals surface area contributed by atoms with Crippen molar-refractivity contribution in [2.24, 2.45) is 0 Å². The van der Waals surface area contributed by atoms with Crippen molar-refractivity contribution >= 4 is 23.2 Å². The number of carbonyl (C=O) groups excluding carboxylic acids is 1. The number of nitrogens with one attached hydrogen (secondary N) is 1. The van der Waals surface area contributed by atoms with E-state index in [9.17, 15) is 18.4 Å². The number of benzene rings is 2. The van der Waals surface area contributed by atoms with Crippen molar-refractivity contribution in [3.05, 3.63) is 105 Å². The van der Waals surface area contributed by atoms with Crippen molar-refractivity contribution in [2.75, 3.05) is 11.9 Å². The van der Waals surface area contributed by atoms with Gasteiger partial charge < -0.3 is 14.8 Å². The summed E-state index contributed by atoms with van der Waals surface area (Å²) in [5, 5.41) is 2.76. The topological polar surface area (TPSA) is 82.5 Å². The quantitative estimate of drug-likeness (QED) is 0.333. The number of anilines is 1. The summed E-state index contributed by atoms with van der Waals surface area (Å²) >= 11 is 6.15. The molecule has 0 spiro atoms. The van der Waals surface area contributed by atoms with Crippen molar-refractivity contribution in [2.45, 2.75) is 13.8 Å². The molecule has 4 rings (SSSR count). The van der Waals surface area contributed by atoms with Gasteiger partial charge in [-0.3, -0.25) is 19.1 Å². The molecule has 0 atom stereocenters. The lowest BCUT2D eigenvalue weighted by molar-refractivity contribution is 0.102. The van der Waals surface area contributed by atoms with E-state index >= 15 is 0 Å². The van der Waals surface area contributed by atoms with Gasteiger partial charge in [-0.1, -0.05) is 11.6 Å². The average molecular weight is 512 g/mol. The van der Waals surface area contributed by atoms with Gasteiger partial charge in [0, 0.05) is 35.9 Å². The van der Waals surface area contributed by atoms with Gasteiger partial charge >= 0.3 is 0 Å². The second-order valence-corrected chi connectivity index (χ2v) is 7.93. The molecular formula is C26H20ClF2N3O4. The zero-order chi connectivity index (χ0) is 25.8. The monoisotopic (exact) mass is 511 g/mol. The molecule has 10 heteroatoms. The van der Waals surface area contributed by atoms with Crippen molar-refractivity contribution < 1.29 is 23.0 Å². The van der Waals surface area contributed by atoms with Crippen LogP contribution in [0.3, 0.4) is 0 Å². The first-order valence-electron chi connectivity index (χ1n) is 10.8. The summed E-state index contributed by atoms with van der Waals surface area (Å²) in [6.45, 7) is 3.60. The zero-order valence-electron chi connectivity index (χ0n) is 19.2. The minimum absolute atomic E-state index is 0.0569. The molecule has 1 amide bonds. The van der Waals surface area contributed by atoms with Gasteiger partial charge in [0.05, 0.1) is 12.3 Å². The molecule has 0 aliphatic heterocycles. The lowest BCUT2D eigenvalue weighted by atomic mass is 10.2. The van der Waals surface area contributed by atoms with E-state index in [0.29, 0.717) is 11.4 Å². The zero-order valence-corrected chi connectivity index (χ0v) is 20.0. The number of amides is 1. The standard InChI is InChI=1S/C26H20ClF2N3O4/c1-3-35-21-11-13-32(18-7-4-16(28)5-8-18)26(34)23(21)25(33)31-17-6-9-20(19(29)14-17)36-22-10-12-30-15(2)24(22)27/h4-14H,3H2,1-2H3,(H,31,33). The number of pyridine rings is 2. The van der Waals surface area contributed by atoms with Crippen LogP contribution in [0.2, 0.25) is 5.02 Å². The highest BCUT2D eigenvalue weighted by molar-refractivity contribution is 6.32. The Labute approximate surface area is 209 Å². The maximum atomic E-state index is 14.8. The molecule has 4 aromatic rings. The van der Waals surface area contributed by atoms with Crippen LogP contribution in [0, 0.1) is 18.6 Å². The second-order valence-electron chi connectivity index (χ2n) is 7.55. The van der Waals surface area contributed by atoms with E-state index in [4.69, 9.17) is 21.1 Å². The van der Waals surface area contributed by atoms with Gasteiger partial charge in [-0.2, -0.15) is 0 Å². The summed E-state index contributed by atoms with van der Waals surface area (Å²) in [7, 11) is 0. The number of ether oxygens (including phenoxy) is 2. The summed E-state index contributed by atoms with van der Waals surface area (Å²) in [6.07, 6.45) is 2.91. The molecule has 0 radical (unpaired) electrons. The molecule has 2 heterocycles. The van der Waals surface area contributed by atoms with Crippen LogP contribution < -0.4 is 20.3 Å². The van der Waals surface area contributed by atoms with Crippen LogP contribution in [0.25, 0.3) is 5.69 Å². The van der Waals surface area contributed by atoms with Crippen molar-refractivity contribution in [3.63, 3.8) is 0 Å². The predicted molar refractivity (Wildman–Crippen MR) is 132 cm³/mol. The normalized spacial score (nSPS) is 10.7. The molecule has 1 N–H and O–H groups in total. The summed E-state index contributed by atoms with van der Waals surface area (Å²) in [4.78, 5) is 30.3. The number of aromatic nitrogens is 2. The Morgan fingerprint density at radius 3 is 2.50 bits per heavy atom. The Balaban J connectivity index is 1.63. The Hall–Kier alpha value is -4.24. The van der Waals surface area contributed by atoms with Gasteiger partial charge in [-0.05, 0) is 56.3 Å². The van der Waals surface area contributed by atoms with Gasteiger partial charge in [-0.25, -0.2) is 8.78 Å². The van der Waals surface area contributed by atoms with Gasteiger partial charge in [0.2, 0.25) is 0 Å². The van der Waals surface area contributed by atoms with Gasteiger partial charge in [0.15, 0.2) is 11.6 Å². The summed E-state index contributed by atoms with van der Waals surface area (Å²) in [6, 6.07) is 12.0. The minimum Gasteiger partial charge on any atom is -0.493 e. The smallest absolute Gasteiger partial charge is 0.271 e. The lowest BCUT2D eigenvalue weighted by Crippen LogP contribution is -2.29. The highest BCUT2D eigenvalue weighted by Gasteiger charge is 2.21. The molecule has 2 aromatic carbocycles. The molecule has 0 fully saturated rings. The third-order valence-corrected chi connectivity index (χ3v) is 5.58. The number of carbonyl (C=O) groups is 1. The first kappa shape index (κ1) is 24.9. The van der Waals surface area contributed by atoms with Crippen molar-refractivity contribution in [3.8, 4) is 22.9 Å². The van der Waals surface area contributed by atoms with E-state index in [2.05, 4.69) is 10.3 Å². The largest absolute Gasteiger partial charge is 0.493 e. The fourth-order valence-electron chi connectivity index (χ4n) is 3.39. The molecule has 7 nitrogen and oxygen atoms in total. The molecule has 2 aromatic heterocycles. The maximum absolute atomic E-state index is 14.8. The number of hydrogen-bond acceptors (Lipinski definition) is 5. The molecule has 0 saturated heterocycles. The van der Waals surface area contributed by atoms with Crippen LogP contribution in [0.4, 0.5) is 14.5 Å². The molecule has 36 heavy (non-hydrogen) atoms.